The number of nitrogens with two attached hydrogens (primary N) is 1. The lowest BCUT2D eigenvalue weighted by Crippen LogP contribution is -2.54. The van der Waals surface area contributed by atoms with E-state index in [1.54, 1.807) is 12.1 Å². The molecule has 0 aliphatic carbocycles. The summed E-state index contributed by atoms with van der Waals surface area (Å²) in [5.41, 5.74) is 7.16. The van der Waals surface area contributed by atoms with E-state index < -0.39 is 23.8 Å². The molecule has 1 unspecified atom stereocenters. The molecule has 30 heavy (non-hydrogen) atoms. The third kappa shape index (κ3) is 4.60. The first-order chi connectivity index (χ1) is 14.3. The number of carbonyl (C=O) groups is 4. The number of unbranched alkanes of at least 4 members (excludes halogenated alkanes) is 2. The highest BCUT2D eigenvalue weighted by atomic mass is 16.2. The Bertz CT molecular complexity index is 852. The van der Waals surface area contributed by atoms with Gasteiger partial charge in [0.1, 0.15) is 6.04 Å². The maximum atomic E-state index is 13.0. The van der Waals surface area contributed by atoms with Crippen molar-refractivity contribution >= 4 is 23.6 Å². The Morgan fingerprint density at radius 2 is 1.83 bits per heavy atom. The summed E-state index contributed by atoms with van der Waals surface area (Å²) in [5, 5.41) is 2.21. The first-order valence-corrected chi connectivity index (χ1v) is 10.6. The van der Waals surface area contributed by atoms with E-state index in [9.17, 15) is 19.2 Å². The molecule has 1 fully saturated rings. The van der Waals surface area contributed by atoms with E-state index in [1.165, 1.54) is 0 Å². The average Bonchev–Trinajstić information content (AvgIpc) is 2.94. The Morgan fingerprint density at radius 1 is 1.10 bits per heavy atom. The maximum absolute atomic E-state index is 13.0. The van der Waals surface area contributed by atoms with Gasteiger partial charge in [-0.2, -0.15) is 0 Å². The van der Waals surface area contributed by atoms with Crippen molar-refractivity contribution in [3.63, 3.8) is 0 Å². The molecule has 3 rings (SSSR count). The summed E-state index contributed by atoms with van der Waals surface area (Å²) >= 11 is 0. The highest BCUT2D eigenvalue weighted by Crippen LogP contribution is 2.28. The van der Waals surface area contributed by atoms with Gasteiger partial charge >= 0.3 is 0 Å². The van der Waals surface area contributed by atoms with Gasteiger partial charge in [-0.25, -0.2) is 0 Å². The van der Waals surface area contributed by atoms with Gasteiger partial charge < -0.3 is 5.73 Å². The lowest BCUT2D eigenvalue weighted by atomic mass is 10.0. The molecule has 162 valence electrons. The quantitative estimate of drug-likeness (QED) is 0.467. The second-order valence-corrected chi connectivity index (χ2v) is 8.24. The van der Waals surface area contributed by atoms with Gasteiger partial charge in [-0.15, -0.1) is 0 Å². The zero-order valence-electron chi connectivity index (χ0n) is 17.6. The predicted octanol–water partition coefficient (Wildman–Crippen LogP) is 1.43. The van der Waals surface area contributed by atoms with Gasteiger partial charge in [0.2, 0.25) is 11.8 Å². The summed E-state index contributed by atoms with van der Waals surface area (Å²) in [7, 11) is 0. The van der Waals surface area contributed by atoms with Crippen LogP contribution in [0.3, 0.4) is 0 Å². The van der Waals surface area contributed by atoms with E-state index in [2.05, 4.69) is 24.1 Å². The van der Waals surface area contributed by atoms with Gasteiger partial charge in [0.05, 0.1) is 11.1 Å². The molecule has 8 nitrogen and oxygen atoms in total. The summed E-state index contributed by atoms with van der Waals surface area (Å²) in [6, 6.07) is 4.70. The molecule has 1 aromatic carbocycles. The first-order valence-electron chi connectivity index (χ1n) is 10.6. The normalized spacial score (nSPS) is 19.1. The summed E-state index contributed by atoms with van der Waals surface area (Å²) in [6.45, 7) is 6.58. The van der Waals surface area contributed by atoms with Crippen molar-refractivity contribution in [1.82, 2.24) is 15.1 Å². The number of piperidine rings is 1. The molecule has 1 saturated heterocycles. The largest absolute Gasteiger partial charge is 0.330 e. The van der Waals surface area contributed by atoms with Gasteiger partial charge in [-0.3, -0.25) is 34.3 Å². The van der Waals surface area contributed by atoms with Crippen molar-refractivity contribution in [1.29, 1.82) is 0 Å². The van der Waals surface area contributed by atoms with Crippen molar-refractivity contribution < 1.29 is 19.2 Å². The second kappa shape index (κ2) is 9.49. The van der Waals surface area contributed by atoms with Crippen LogP contribution >= 0.6 is 0 Å². The van der Waals surface area contributed by atoms with Gasteiger partial charge in [0.25, 0.3) is 11.8 Å². The molecule has 0 spiro atoms. The molecule has 1 atom stereocenters. The zero-order valence-corrected chi connectivity index (χ0v) is 17.6. The molecule has 0 saturated carbocycles. The lowest BCUT2D eigenvalue weighted by molar-refractivity contribution is -0.136. The molecule has 8 heteroatoms. The molecular formula is C22H30N4O4. The van der Waals surface area contributed by atoms with Crippen LogP contribution in [-0.2, 0) is 16.1 Å². The van der Waals surface area contributed by atoms with E-state index in [0.29, 0.717) is 30.3 Å². The van der Waals surface area contributed by atoms with Crippen LogP contribution in [0.25, 0.3) is 0 Å². The highest BCUT2D eigenvalue weighted by Gasteiger charge is 2.44. The van der Waals surface area contributed by atoms with Crippen LogP contribution in [0.5, 0.6) is 0 Å². The van der Waals surface area contributed by atoms with E-state index in [0.717, 1.165) is 36.3 Å². The fraction of sp³-hybridized carbons (Fsp3) is 0.545. The summed E-state index contributed by atoms with van der Waals surface area (Å²) in [5.74, 6) is -1.91. The minimum atomic E-state index is -0.937. The van der Waals surface area contributed by atoms with Gasteiger partial charge in [0, 0.05) is 19.0 Å². The topological polar surface area (TPSA) is 113 Å². The Labute approximate surface area is 176 Å². The number of benzene rings is 1. The van der Waals surface area contributed by atoms with Crippen LogP contribution in [0, 0.1) is 0 Å². The van der Waals surface area contributed by atoms with Crippen LogP contribution in [0.1, 0.15) is 72.2 Å². The molecule has 0 bridgehead atoms. The van der Waals surface area contributed by atoms with Crippen molar-refractivity contribution in [2.75, 3.05) is 13.1 Å². The SMILES string of the molecule is CC(C)N(CCCCCN)Cc1ccc2c(c1)C(=O)N(C1CCC(=O)NC1=O)C2=O. The Morgan fingerprint density at radius 3 is 2.50 bits per heavy atom. The van der Waals surface area contributed by atoms with Gasteiger partial charge in [-0.05, 0) is 63.9 Å². The maximum Gasteiger partial charge on any atom is 0.262 e. The van der Waals surface area contributed by atoms with Crippen LogP contribution < -0.4 is 11.1 Å². The minimum absolute atomic E-state index is 0.114. The van der Waals surface area contributed by atoms with Gasteiger partial charge in [-0.1, -0.05) is 12.5 Å². The van der Waals surface area contributed by atoms with E-state index in [1.807, 2.05) is 6.07 Å². The minimum Gasteiger partial charge on any atom is -0.330 e. The fourth-order valence-corrected chi connectivity index (χ4v) is 4.01. The zero-order chi connectivity index (χ0) is 21.8. The predicted molar refractivity (Wildman–Crippen MR) is 112 cm³/mol. The number of amides is 4. The van der Waals surface area contributed by atoms with Gasteiger partial charge in [0.15, 0.2) is 0 Å². The number of fused-ring (bicyclic) bond motifs is 1. The van der Waals surface area contributed by atoms with E-state index in [-0.39, 0.29) is 18.7 Å². The van der Waals surface area contributed by atoms with Crippen molar-refractivity contribution in [3.05, 3.63) is 34.9 Å². The van der Waals surface area contributed by atoms with Crippen LogP contribution in [-0.4, -0.2) is 58.6 Å². The summed E-state index contributed by atoms with van der Waals surface area (Å²) in [6.07, 6.45) is 3.42. The Hall–Kier alpha value is -2.58. The van der Waals surface area contributed by atoms with E-state index in [4.69, 9.17) is 5.73 Å². The molecule has 2 aliphatic rings. The Kier molecular flexibility index (Phi) is 6.99. The van der Waals surface area contributed by atoms with Crippen molar-refractivity contribution in [3.8, 4) is 0 Å². The van der Waals surface area contributed by atoms with Crippen molar-refractivity contribution in [2.45, 2.75) is 64.6 Å². The molecule has 0 radical (unpaired) electrons. The molecule has 2 heterocycles. The number of hydrogen-bond donors (Lipinski definition) is 2. The standard InChI is InChI=1S/C22H30N4O4/c1-14(2)25(11-5-3-4-10-23)13-15-6-7-16-17(12-15)22(30)26(21(16)29)18-8-9-19(27)24-20(18)28/h6-7,12,14,18H,3-5,8-11,13,23H2,1-2H3,(H,24,27,28). The lowest BCUT2D eigenvalue weighted by Gasteiger charge is -2.27. The van der Waals surface area contributed by atoms with Crippen LogP contribution in [0.4, 0.5) is 0 Å². The van der Waals surface area contributed by atoms with Crippen LogP contribution in [0.15, 0.2) is 18.2 Å². The fourth-order valence-electron chi connectivity index (χ4n) is 4.01. The monoisotopic (exact) mass is 414 g/mol. The summed E-state index contributed by atoms with van der Waals surface area (Å²) < 4.78 is 0. The van der Waals surface area contributed by atoms with E-state index >= 15 is 0 Å². The smallest absolute Gasteiger partial charge is 0.262 e. The third-order valence-corrected chi connectivity index (χ3v) is 5.77. The second-order valence-electron chi connectivity index (χ2n) is 8.24. The van der Waals surface area contributed by atoms with Crippen LogP contribution in [0.2, 0.25) is 0 Å². The number of imide groups is 2. The molecule has 4 amide bonds. The molecule has 0 aromatic heterocycles. The Balaban J connectivity index is 1.74. The molecule has 1 aromatic rings. The number of rotatable bonds is 9. The molecule has 2 aliphatic heterocycles. The summed E-state index contributed by atoms with van der Waals surface area (Å²) in [4.78, 5) is 52.7. The highest BCUT2D eigenvalue weighted by molar-refractivity contribution is 6.23. The van der Waals surface area contributed by atoms with Crippen molar-refractivity contribution in [2.24, 2.45) is 5.73 Å². The third-order valence-electron chi connectivity index (χ3n) is 5.77. The molecule has 3 N–H and O–H groups in total. The number of nitrogens with zero attached hydrogens (tertiary/aromatic N) is 2. The average molecular weight is 415 g/mol. The number of hydrogen-bond acceptors (Lipinski definition) is 6. The first kappa shape index (κ1) is 22.1. The molecular weight excluding hydrogens is 384 g/mol. The number of nitrogens with one attached hydrogen (secondary N) is 1. The number of carbonyl (C=O) groups excluding carboxylic acids is 4.